The van der Waals surface area contributed by atoms with Crippen LogP contribution in [0.4, 0.5) is 15.9 Å². The van der Waals surface area contributed by atoms with Crippen LogP contribution < -0.4 is 10.9 Å². The molecule has 2 heterocycles. The fraction of sp³-hybridized carbons (Fsp3) is 0.100. The van der Waals surface area contributed by atoms with Gasteiger partial charge in [-0.3, -0.25) is 4.79 Å². The first-order valence-corrected chi connectivity index (χ1v) is 10.2. The summed E-state index contributed by atoms with van der Waals surface area (Å²) in [4.78, 5) is 20.6. The summed E-state index contributed by atoms with van der Waals surface area (Å²) in [5.74, 6) is 0.880. The van der Waals surface area contributed by atoms with Crippen molar-refractivity contribution in [3.8, 4) is 0 Å². The third-order valence-electron chi connectivity index (χ3n) is 4.25. The lowest BCUT2D eigenvalue weighted by molar-refractivity contribution is 0.629. The lowest BCUT2D eigenvalue weighted by atomic mass is 10.1. The maximum absolute atomic E-state index is 13.8. The highest BCUT2D eigenvalue weighted by atomic mass is 35.5. The van der Waals surface area contributed by atoms with Crippen molar-refractivity contribution >= 4 is 68.1 Å². The highest BCUT2D eigenvalue weighted by Gasteiger charge is 2.15. The number of nitrogens with one attached hydrogen (secondary N) is 2. The first-order valence-electron chi connectivity index (χ1n) is 8.47. The maximum Gasteiger partial charge on any atom is 0.256 e. The number of anilines is 2. The van der Waals surface area contributed by atoms with Crippen molar-refractivity contribution in [2.45, 2.75) is 11.8 Å². The zero-order valence-electron chi connectivity index (χ0n) is 14.6. The SMILES string of the molecule is CCSc1cc(Cl)c(Nc2nc3ccc(F)cc3c3c(=O)[nH]ccc23)c(Cl)c1. The molecule has 0 saturated carbocycles. The highest BCUT2D eigenvalue weighted by Crippen LogP contribution is 2.38. The number of nitrogens with zero attached hydrogens (tertiary/aromatic N) is 1. The number of benzene rings is 2. The number of thioether (sulfide) groups is 1. The average Bonchev–Trinajstić information content (AvgIpc) is 2.65. The molecular weight excluding hydrogens is 420 g/mol. The molecule has 28 heavy (non-hydrogen) atoms. The monoisotopic (exact) mass is 433 g/mol. The lowest BCUT2D eigenvalue weighted by Gasteiger charge is -2.14. The molecule has 142 valence electrons. The minimum atomic E-state index is -0.435. The Morgan fingerprint density at radius 1 is 1.14 bits per heavy atom. The van der Waals surface area contributed by atoms with Crippen molar-refractivity contribution in [2.75, 3.05) is 11.1 Å². The average molecular weight is 434 g/mol. The van der Waals surface area contributed by atoms with Gasteiger partial charge in [-0.15, -0.1) is 11.8 Å². The molecule has 0 aliphatic heterocycles. The van der Waals surface area contributed by atoms with E-state index in [1.807, 2.05) is 19.1 Å². The summed E-state index contributed by atoms with van der Waals surface area (Å²) in [5, 5.41) is 5.38. The van der Waals surface area contributed by atoms with Gasteiger partial charge in [-0.25, -0.2) is 9.37 Å². The van der Waals surface area contributed by atoms with E-state index in [0.717, 1.165) is 10.6 Å². The van der Waals surface area contributed by atoms with Crippen LogP contribution in [0.1, 0.15) is 6.92 Å². The number of rotatable bonds is 4. The minimum absolute atomic E-state index is 0.328. The standard InChI is InChI=1S/C20H14Cl2FN3OS/c1-2-28-11-8-14(21)18(15(22)9-11)26-19-12-5-6-24-20(27)17(12)13-7-10(23)3-4-16(13)25-19/h3-9H,2H2,1H3,(H,24,27)(H,25,26). The molecule has 0 atom stereocenters. The zero-order chi connectivity index (χ0) is 19.8. The van der Waals surface area contributed by atoms with Gasteiger partial charge in [0.05, 0.1) is 26.6 Å². The Kier molecular flexibility index (Phi) is 5.19. The van der Waals surface area contributed by atoms with E-state index in [1.165, 1.54) is 24.4 Å². The van der Waals surface area contributed by atoms with Crippen molar-refractivity contribution < 1.29 is 4.39 Å². The molecule has 0 amide bonds. The van der Waals surface area contributed by atoms with E-state index >= 15 is 0 Å². The number of hydrogen-bond donors (Lipinski definition) is 2. The Bertz CT molecular complexity index is 1250. The number of aromatic amines is 1. The third-order valence-corrected chi connectivity index (χ3v) is 5.70. The smallest absolute Gasteiger partial charge is 0.256 e. The van der Waals surface area contributed by atoms with E-state index in [9.17, 15) is 9.18 Å². The van der Waals surface area contributed by atoms with Crippen molar-refractivity contribution in [3.05, 3.63) is 68.8 Å². The Balaban J connectivity index is 1.94. The van der Waals surface area contributed by atoms with E-state index in [4.69, 9.17) is 23.2 Å². The summed E-state index contributed by atoms with van der Waals surface area (Å²) in [6.45, 7) is 2.05. The number of pyridine rings is 2. The highest BCUT2D eigenvalue weighted by molar-refractivity contribution is 7.99. The third kappa shape index (κ3) is 3.43. The van der Waals surface area contributed by atoms with Crippen LogP contribution in [0, 0.1) is 5.82 Å². The summed E-state index contributed by atoms with van der Waals surface area (Å²) in [6.07, 6.45) is 1.52. The van der Waals surface area contributed by atoms with Crippen LogP contribution in [-0.2, 0) is 0 Å². The van der Waals surface area contributed by atoms with Gasteiger partial charge >= 0.3 is 0 Å². The Morgan fingerprint density at radius 3 is 2.61 bits per heavy atom. The fourth-order valence-electron chi connectivity index (χ4n) is 3.06. The molecule has 0 bridgehead atoms. The molecule has 0 aliphatic carbocycles. The molecule has 4 rings (SSSR count). The molecule has 0 saturated heterocycles. The number of hydrogen-bond acceptors (Lipinski definition) is 4. The minimum Gasteiger partial charge on any atom is -0.337 e. The van der Waals surface area contributed by atoms with Crippen molar-refractivity contribution in [2.24, 2.45) is 0 Å². The van der Waals surface area contributed by atoms with Crippen LogP contribution in [-0.4, -0.2) is 15.7 Å². The van der Waals surface area contributed by atoms with E-state index in [1.54, 1.807) is 17.8 Å². The maximum atomic E-state index is 13.8. The van der Waals surface area contributed by atoms with Gasteiger partial charge in [-0.05, 0) is 42.2 Å². The van der Waals surface area contributed by atoms with E-state index in [0.29, 0.717) is 43.2 Å². The van der Waals surface area contributed by atoms with Crippen LogP contribution in [0.5, 0.6) is 0 Å². The van der Waals surface area contributed by atoms with Gasteiger partial charge in [-0.1, -0.05) is 30.1 Å². The number of aromatic nitrogens is 2. The molecule has 0 unspecified atom stereocenters. The quantitative estimate of drug-likeness (QED) is 0.289. The molecule has 2 aromatic heterocycles. The fourth-order valence-corrected chi connectivity index (χ4v) is 4.51. The predicted octanol–water partition coefficient (Wildman–Crippen LogP) is 6.38. The Labute approximate surface area is 174 Å². The largest absolute Gasteiger partial charge is 0.337 e. The molecule has 8 heteroatoms. The predicted molar refractivity (Wildman–Crippen MR) is 116 cm³/mol. The molecule has 4 aromatic rings. The van der Waals surface area contributed by atoms with Crippen molar-refractivity contribution in [3.63, 3.8) is 0 Å². The Morgan fingerprint density at radius 2 is 1.89 bits per heavy atom. The molecule has 0 spiro atoms. The second kappa shape index (κ2) is 7.62. The normalized spacial score (nSPS) is 11.3. The van der Waals surface area contributed by atoms with Crippen LogP contribution in [0.3, 0.4) is 0 Å². The van der Waals surface area contributed by atoms with Crippen molar-refractivity contribution in [1.82, 2.24) is 9.97 Å². The molecule has 0 fully saturated rings. The second-order valence-corrected chi connectivity index (χ2v) is 8.19. The number of H-pyrrole nitrogens is 1. The topological polar surface area (TPSA) is 57.8 Å². The van der Waals surface area contributed by atoms with Gasteiger partial charge in [0.1, 0.15) is 11.6 Å². The van der Waals surface area contributed by atoms with Gasteiger partial charge in [-0.2, -0.15) is 0 Å². The zero-order valence-corrected chi connectivity index (χ0v) is 17.0. The van der Waals surface area contributed by atoms with Crippen LogP contribution in [0.15, 0.2) is 52.3 Å². The van der Waals surface area contributed by atoms with Crippen LogP contribution >= 0.6 is 35.0 Å². The molecule has 2 aromatic carbocycles. The van der Waals surface area contributed by atoms with Gasteiger partial charge < -0.3 is 10.3 Å². The van der Waals surface area contributed by atoms with Crippen molar-refractivity contribution in [1.29, 1.82) is 0 Å². The van der Waals surface area contributed by atoms with Gasteiger partial charge in [0, 0.05) is 21.9 Å². The first kappa shape index (κ1) is 19.1. The number of halogens is 3. The van der Waals surface area contributed by atoms with E-state index in [2.05, 4.69) is 15.3 Å². The molecule has 0 radical (unpaired) electrons. The summed E-state index contributed by atoms with van der Waals surface area (Å²) < 4.78 is 13.8. The molecule has 0 aliphatic rings. The Hall–Kier alpha value is -2.28. The lowest BCUT2D eigenvalue weighted by Crippen LogP contribution is -2.08. The van der Waals surface area contributed by atoms with E-state index in [-0.39, 0.29) is 5.56 Å². The molecule has 2 N–H and O–H groups in total. The molecular formula is C20H14Cl2FN3OS. The summed E-state index contributed by atoms with van der Waals surface area (Å²) in [5.41, 5.74) is 0.656. The van der Waals surface area contributed by atoms with Crippen LogP contribution in [0.2, 0.25) is 10.0 Å². The van der Waals surface area contributed by atoms with Gasteiger partial charge in [0.2, 0.25) is 0 Å². The van der Waals surface area contributed by atoms with Crippen LogP contribution in [0.25, 0.3) is 21.7 Å². The number of fused-ring (bicyclic) bond motifs is 3. The van der Waals surface area contributed by atoms with Gasteiger partial charge in [0.25, 0.3) is 5.56 Å². The first-order chi connectivity index (χ1) is 13.5. The van der Waals surface area contributed by atoms with Gasteiger partial charge in [0.15, 0.2) is 0 Å². The summed E-state index contributed by atoms with van der Waals surface area (Å²) in [6, 6.07) is 9.51. The molecule has 4 nitrogen and oxygen atoms in total. The summed E-state index contributed by atoms with van der Waals surface area (Å²) in [7, 11) is 0. The second-order valence-electron chi connectivity index (χ2n) is 6.04. The van der Waals surface area contributed by atoms with E-state index < -0.39 is 5.82 Å². The summed E-state index contributed by atoms with van der Waals surface area (Å²) >= 11 is 14.5.